The summed E-state index contributed by atoms with van der Waals surface area (Å²) >= 11 is 7.16. The molecule has 2 unspecified atom stereocenters. The van der Waals surface area contributed by atoms with Crippen molar-refractivity contribution in [1.82, 2.24) is 5.32 Å². The molecule has 0 aliphatic rings. The summed E-state index contributed by atoms with van der Waals surface area (Å²) in [6.07, 6.45) is 3.66. The molecule has 0 heterocycles. The maximum absolute atomic E-state index is 3.68. The Morgan fingerprint density at radius 2 is 1.67 bits per heavy atom. The van der Waals surface area contributed by atoms with Crippen LogP contribution in [0.4, 0.5) is 0 Å². The van der Waals surface area contributed by atoms with Crippen LogP contribution in [-0.4, -0.2) is 6.54 Å². The number of hydrogen-bond donors (Lipinski definition) is 1. The van der Waals surface area contributed by atoms with Crippen LogP contribution in [0, 0.1) is 5.92 Å². The van der Waals surface area contributed by atoms with Gasteiger partial charge in [-0.2, -0.15) is 0 Å². The second-order valence-electron chi connectivity index (χ2n) is 4.90. The highest BCUT2D eigenvalue weighted by Gasteiger charge is 2.18. The van der Waals surface area contributed by atoms with Gasteiger partial charge >= 0.3 is 0 Å². The Labute approximate surface area is 128 Å². The number of rotatable bonds is 7. The zero-order chi connectivity index (χ0) is 13.5. The number of benzene rings is 1. The molecule has 0 aliphatic carbocycles. The first kappa shape index (κ1) is 16.2. The maximum Gasteiger partial charge on any atom is 0.0346 e. The molecule has 1 aromatic rings. The van der Waals surface area contributed by atoms with Gasteiger partial charge in [0.05, 0.1) is 0 Å². The molecule has 1 nitrogen and oxygen atoms in total. The highest BCUT2D eigenvalue weighted by Crippen LogP contribution is 2.30. The Kier molecular flexibility index (Phi) is 7.50. The fourth-order valence-corrected chi connectivity index (χ4v) is 3.65. The van der Waals surface area contributed by atoms with E-state index in [0.717, 1.165) is 15.5 Å². The van der Waals surface area contributed by atoms with Gasteiger partial charge in [-0.3, -0.25) is 0 Å². The van der Waals surface area contributed by atoms with Gasteiger partial charge in [0.2, 0.25) is 0 Å². The minimum Gasteiger partial charge on any atom is -0.310 e. The van der Waals surface area contributed by atoms with Crippen molar-refractivity contribution < 1.29 is 0 Å². The van der Waals surface area contributed by atoms with E-state index in [-0.39, 0.29) is 0 Å². The zero-order valence-electron chi connectivity index (χ0n) is 11.5. The van der Waals surface area contributed by atoms with Crippen LogP contribution >= 0.6 is 31.9 Å². The van der Waals surface area contributed by atoms with Crippen molar-refractivity contribution in [3.05, 3.63) is 32.7 Å². The summed E-state index contributed by atoms with van der Waals surface area (Å²) in [5.41, 5.74) is 1.37. The predicted octanol–water partition coefficient (Wildman–Crippen LogP) is 5.69. The summed E-state index contributed by atoms with van der Waals surface area (Å²) in [5.74, 6) is 0.655. The third-order valence-corrected chi connectivity index (χ3v) is 4.09. The van der Waals surface area contributed by atoms with Crippen molar-refractivity contribution in [2.24, 2.45) is 5.92 Å². The predicted molar refractivity (Wildman–Crippen MR) is 86.9 cm³/mol. The molecular weight excluding hydrogens is 354 g/mol. The molecule has 0 aliphatic heterocycles. The lowest BCUT2D eigenvalue weighted by atomic mass is 9.91. The molecule has 0 spiro atoms. The molecule has 0 fully saturated rings. The third kappa shape index (κ3) is 5.02. The summed E-state index contributed by atoms with van der Waals surface area (Å²) < 4.78 is 2.28. The summed E-state index contributed by atoms with van der Waals surface area (Å²) in [7, 11) is 0. The average molecular weight is 377 g/mol. The Bertz CT molecular complexity index is 345. The van der Waals surface area contributed by atoms with E-state index in [1.165, 1.54) is 24.8 Å². The van der Waals surface area contributed by atoms with E-state index in [9.17, 15) is 0 Å². The van der Waals surface area contributed by atoms with Crippen LogP contribution in [0.25, 0.3) is 0 Å². The summed E-state index contributed by atoms with van der Waals surface area (Å²) in [4.78, 5) is 0. The second-order valence-corrected chi connectivity index (χ2v) is 6.73. The zero-order valence-corrected chi connectivity index (χ0v) is 14.6. The Hall–Kier alpha value is 0.140. The molecule has 102 valence electrons. The van der Waals surface area contributed by atoms with Crippen LogP contribution in [0.15, 0.2) is 27.1 Å². The molecule has 1 N–H and O–H groups in total. The van der Waals surface area contributed by atoms with Crippen LogP contribution in [0.3, 0.4) is 0 Å². The SMILES string of the molecule is CCCNC(c1cc(Br)cc(Br)c1)C(C)CCC. The fraction of sp³-hybridized carbons (Fsp3) is 0.600. The van der Waals surface area contributed by atoms with Crippen LogP contribution < -0.4 is 5.32 Å². The molecule has 3 heteroatoms. The lowest BCUT2D eigenvalue weighted by Gasteiger charge is -2.26. The van der Waals surface area contributed by atoms with E-state index in [4.69, 9.17) is 0 Å². The van der Waals surface area contributed by atoms with Crippen molar-refractivity contribution in [3.63, 3.8) is 0 Å². The van der Waals surface area contributed by atoms with Crippen LogP contribution in [0.1, 0.15) is 51.6 Å². The largest absolute Gasteiger partial charge is 0.310 e. The van der Waals surface area contributed by atoms with Gasteiger partial charge in [-0.15, -0.1) is 0 Å². The molecule has 0 amide bonds. The van der Waals surface area contributed by atoms with Crippen molar-refractivity contribution in [3.8, 4) is 0 Å². The van der Waals surface area contributed by atoms with Crippen LogP contribution in [-0.2, 0) is 0 Å². The van der Waals surface area contributed by atoms with E-state index >= 15 is 0 Å². The minimum atomic E-state index is 0.443. The number of hydrogen-bond acceptors (Lipinski definition) is 1. The quantitative estimate of drug-likeness (QED) is 0.644. The highest BCUT2D eigenvalue weighted by molar-refractivity contribution is 9.11. The van der Waals surface area contributed by atoms with Gasteiger partial charge in [0.1, 0.15) is 0 Å². The first-order valence-electron chi connectivity index (χ1n) is 6.77. The molecule has 0 saturated heterocycles. The molecular formula is C15H23Br2N. The molecule has 0 saturated carbocycles. The first-order valence-corrected chi connectivity index (χ1v) is 8.36. The smallest absolute Gasteiger partial charge is 0.0346 e. The number of nitrogens with one attached hydrogen (secondary N) is 1. The van der Waals surface area contributed by atoms with E-state index in [0.29, 0.717) is 12.0 Å². The number of halogens is 2. The molecule has 0 aromatic heterocycles. The van der Waals surface area contributed by atoms with Gasteiger partial charge in [0.25, 0.3) is 0 Å². The summed E-state index contributed by atoms with van der Waals surface area (Å²) in [6.45, 7) is 7.88. The summed E-state index contributed by atoms with van der Waals surface area (Å²) in [5, 5.41) is 3.68. The van der Waals surface area contributed by atoms with E-state index < -0.39 is 0 Å². The topological polar surface area (TPSA) is 12.0 Å². The normalized spacial score (nSPS) is 14.5. The molecule has 1 aromatic carbocycles. The van der Waals surface area contributed by atoms with Gasteiger partial charge in [-0.1, -0.05) is 59.1 Å². The van der Waals surface area contributed by atoms with Crippen molar-refractivity contribution >= 4 is 31.9 Å². The average Bonchev–Trinajstić information content (AvgIpc) is 2.28. The van der Waals surface area contributed by atoms with E-state index in [2.05, 4.69) is 76.1 Å². The van der Waals surface area contributed by atoms with Gasteiger partial charge in [-0.05, 0) is 49.1 Å². The van der Waals surface area contributed by atoms with Crippen molar-refractivity contribution in [1.29, 1.82) is 0 Å². The standard InChI is InChI=1S/C15H23Br2N/c1-4-6-11(3)15(18-7-5-2)12-8-13(16)10-14(17)9-12/h8-11,15,18H,4-7H2,1-3H3. The van der Waals surface area contributed by atoms with Gasteiger partial charge in [0.15, 0.2) is 0 Å². The van der Waals surface area contributed by atoms with Crippen molar-refractivity contribution in [2.75, 3.05) is 6.54 Å². The van der Waals surface area contributed by atoms with E-state index in [1.807, 2.05) is 0 Å². The second kappa shape index (κ2) is 8.34. The lowest BCUT2D eigenvalue weighted by Crippen LogP contribution is -2.27. The molecule has 0 bridgehead atoms. The molecule has 0 radical (unpaired) electrons. The fourth-order valence-electron chi connectivity index (χ4n) is 2.32. The minimum absolute atomic E-state index is 0.443. The highest BCUT2D eigenvalue weighted by atomic mass is 79.9. The molecule has 1 rings (SSSR count). The van der Waals surface area contributed by atoms with Gasteiger partial charge < -0.3 is 5.32 Å². The van der Waals surface area contributed by atoms with Gasteiger partial charge in [0, 0.05) is 15.0 Å². The van der Waals surface area contributed by atoms with E-state index in [1.54, 1.807) is 0 Å². The Balaban J connectivity index is 2.92. The van der Waals surface area contributed by atoms with Crippen LogP contribution in [0.2, 0.25) is 0 Å². The van der Waals surface area contributed by atoms with Crippen LogP contribution in [0.5, 0.6) is 0 Å². The summed E-state index contributed by atoms with van der Waals surface area (Å²) in [6, 6.07) is 6.98. The third-order valence-electron chi connectivity index (χ3n) is 3.17. The lowest BCUT2D eigenvalue weighted by molar-refractivity contribution is 0.363. The van der Waals surface area contributed by atoms with Gasteiger partial charge in [-0.25, -0.2) is 0 Å². The molecule has 18 heavy (non-hydrogen) atoms. The molecule has 2 atom stereocenters. The first-order chi connectivity index (χ1) is 8.58. The maximum atomic E-state index is 3.68. The Morgan fingerprint density at radius 3 is 2.17 bits per heavy atom. The van der Waals surface area contributed by atoms with Crippen molar-refractivity contribution in [2.45, 2.75) is 46.1 Å². The Morgan fingerprint density at radius 1 is 1.06 bits per heavy atom. The monoisotopic (exact) mass is 375 g/mol.